The van der Waals surface area contributed by atoms with Crippen molar-refractivity contribution in [1.82, 2.24) is 0 Å². The van der Waals surface area contributed by atoms with Gasteiger partial charge < -0.3 is 4.74 Å². The predicted octanol–water partition coefficient (Wildman–Crippen LogP) is 2.18. The molecule has 0 amide bonds. The first-order valence-corrected chi connectivity index (χ1v) is 3.86. The molecule has 0 N–H and O–H groups in total. The summed E-state index contributed by atoms with van der Waals surface area (Å²) in [5.74, 6) is -0.271. The van der Waals surface area contributed by atoms with Crippen LogP contribution in [0.4, 0.5) is 0 Å². The third-order valence-corrected chi connectivity index (χ3v) is 1.17. The molecule has 0 atom stereocenters. The minimum Gasteiger partial charge on any atom is -0.462 e. The van der Waals surface area contributed by atoms with Gasteiger partial charge in [-0.3, -0.25) is 4.79 Å². The van der Waals surface area contributed by atoms with Crippen molar-refractivity contribution in [2.24, 2.45) is 0 Å². The van der Waals surface area contributed by atoms with Crippen LogP contribution >= 0.6 is 31.9 Å². The van der Waals surface area contributed by atoms with Crippen LogP contribution in [-0.4, -0.2) is 12.6 Å². The molecule has 0 rings (SSSR count). The zero-order valence-electron chi connectivity index (χ0n) is 4.86. The third kappa shape index (κ3) is 8.17. The quantitative estimate of drug-likeness (QED) is 0.709. The highest BCUT2D eigenvalue weighted by molar-refractivity contribution is 9.28. The maximum Gasteiger partial charge on any atom is 0.302 e. The van der Waals surface area contributed by atoms with Gasteiger partial charge in [-0.2, -0.15) is 0 Å². The van der Waals surface area contributed by atoms with Crippen LogP contribution in [0.15, 0.2) is 9.47 Å². The third-order valence-electron chi connectivity index (χ3n) is 0.524. The van der Waals surface area contributed by atoms with Gasteiger partial charge >= 0.3 is 5.97 Å². The fraction of sp³-hybridized carbons (Fsp3) is 0.400. The molecule has 0 fully saturated rings. The molecule has 0 unspecified atom stereocenters. The summed E-state index contributed by atoms with van der Waals surface area (Å²) in [5, 5.41) is 0. The number of carbonyl (C=O) groups is 1. The van der Waals surface area contributed by atoms with Crippen LogP contribution in [0.25, 0.3) is 0 Å². The number of hydrogen-bond acceptors (Lipinski definition) is 2. The minimum atomic E-state index is -0.271. The Labute approximate surface area is 70.5 Å². The van der Waals surface area contributed by atoms with Crippen molar-refractivity contribution < 1.29 is 9.53 Å². The highest BCUT2D eigenvalue weighted by atomic mass is 79.9. The van der Waals surface area contributed by atoms with Gasteiger partial charge in [0.2, 0.25) is 0 Å². The summed E-state index contributed by atoms with van der Waals surface area (Å²) in [7, 11) is 0. The van der Waals surface area contributed by atoms with Crippen molar-refractivity contribution in [2.75, 3.05) is 6.61 Å². The zero-order chi connectivity index (χ0) is 7.28. The van der Waals surface area contributed by atoms with Gasteiger partial charge in [-0.1, -0.05) is 0 Å². The van der Waals surface area contributed by atoms with Crippen molar-refractivity contribution in [3.05, 3.63) is 9.47 Å². The Morgan fingerprint density at radius 2 is 2.22 bits per heavy atom. The lowest BCUT2D eigenvalue weighted by Gasteiger charge is -1.93. The Morgan fingerprint density at radius 3 is 2.56 bits per heavy atom. The molecule has 0 saturated carbocycles. The second kappa shape index (κ2) is 4.99. The Kier molecular flexibility index (Phi) is 5.09. The molecule has 2 nitrogen and oxygen atoms in total. The van der Waals surface area contributed by atoms with E-state index in [4.69, 9.17) is 0 Å². The summed E-state index contributed by atoms with van der Waals surface area (Å²) >= 11 is 6.22. The fourth-order valence-electron chi connectivity index (χ4n) is 0.222. The van der Waals surface area contributed by atoms with Crippen LogP contribution in [0.3, 0.4) is 0 Å². The lowest BCUT2D eigenvalue weighted by atomic mass is 10.7. The number of carbonyl (C=O) groups excluding carboxylic acids is 1. The van der Waals surface area contributed by atoms with Gasteiger partial charge in [0.15, 0.2) is 0 Å². The summed E-state index contributed by atoms with van der Waals surface area (Å²) in [4.78, 5) is 10.1. The molecule has 52 valence electrons. The zero-order valence-corrected chi connectivity index (χ0v) is 8.03. The lowest BCUT2D eigenvalue weighted by Crippen LogP contribution is -1.97. The first kappa shape index (κ1) is 9.17. The van der Waals surface area contributed by atoms with E-state index in [0.29, 0.717) is 6.61 Å². The molecule has 0 bridgehead atoms. The SMILES string of the molecule is CC(=O)OCC=C(Br)Br. The second-order valence-corrected chi connectivity index (χ2v) is 4.07. The van der Waals surface area contributed by atoms with E-state index in [2.05, 4.69) is 36.6 Å². The van der Waals surface area contributed by atoms with E-state index in [-0.39, 0.29) is 5.97 Å². The summed E-state index contributed by atoms with van der Waals surface area (Å²) in [6, 6.07) is 0. The highest BCUT2D eigenvalue weighted by Crippen LogP contribution is 2.11. The minimum absolute atomic E-state index is 0.271. The average Bonchev–Trinajstić information content (AvgIpc) is 1.63. The first-order valence-electron chi connectivity index (χ1n) is 2.27. The van der Waals surface area contributed by atoms with Gasteiger partial charge in [0.05, 0.1) is 3.39 Å². The topological polar surface area (TPSA) is 26.3 Å². The molecular formula is C5H6Br2O2. The van der Waals surface area contributed by atoms with E-state index >= 15 is 0 Å². The summed E-state index contributed by atoms with van der Waals surface area (Å²) in [6.07, 6.45) is 1.70. The summed E-state index contributed by atoms with van der Waals surface area (Å²) in [5.41, 5.74) is 0. The Balaban J connectivity index is 3.31. The van der Waals surface area contributed by atoms with Crippen molar-refractivity contribution in [2.45, 2.75) is 6.92 Å². The van der Waals surface area contributed by atoms with Crippen LogP contribution in [0, 0.1) is 0 Å². The lowest BCUT2D eigenvalue weighted by molar-refractivity contribution is -0.139. The molecule has 0 radical (unpaired) electrons. The maximum atomic E-state index is 10.1. The average molecular weight is 258 g/mol. The molecule has 0 heterocycles. The molecule has 0 aliphatic rings. The van der Waals surface area contributed by atoms with Crippen LogP contribution < -0.4 is 0 Å². The molecule has 0 aromatic heterocycles. The van der Waals surface area contributed by atoms with Gasteiger partial charge in [0.1, 0.15) is 6.61 Å². The predicted molar refractivity (Wildman–Crippen MR) is 42.6 cm³/mol. The van der Waals surface area contributed by atoms with Crippen molar-refractivity contribution in [3.63, 3.8) is 0 Å². The number of rotatable bonds is 2. The fourth-order valence-corrected chi connectivity index (χ4v) is 0.486. The van der Waals surface area contributed by atoms with Crippen LogP contribution in [-0.2, 0) is 9.53 Å². The van der Waals surface area contributed by atoms with E-state index in [1.807, 2.05) is 0 Å². The molecule has 0 saturated heterocycles. The van der Waals surface area contributed by atoms with E-state index in [1.165, 1.54) is 6.92 Å². The number of esters is 1. The molecule has 0 aliphatic carbocycles. The Morgan fingerprint density at radius 1 is 1.67 bits per heavy atom. The Hall–Kier alpha value is 0.170. The van der Waals surface area contributed by atoms with Crippen molar-refractivity contribution in [1.29, 1.82) is 0 Å². The van der Waals surface area contributed by atoms with E-state index in [9.17, 15) is 4.79 Å². The summed E-state index contributed by atoms with van der Waals surface area (Å²) < 4.78 is 5.37. The standard InChI is InChI=1S/C5H6Br2O2/c1-4(8)9-3-2-5(6)7/h2H,3H2,1H3. The van der Waals surface area contributed by atoms with E-state index in [1.54, 1.807) is 6.08 Å². The normalized spacial score (nSPS) is 8.33. The number of ether oxygens (including phenoxy) is 1. The smallest absolute Gasteiger partial charge is 0.302 e. The molecule has 0 spiro atoms. The Bertz CT molecular complexity index is 127. The number of halogens is 2. The molecule has 4 heteroatoms. The van der Waals surface area contributed by atoms with E-state index in [0.717, 1.165) is 3.39 Å². The highest BCUT2D eigenvalue weighted by Gasteiger charge is 1.87. The van der Waals surface area contributed by atoms with Gasteiger partial charge in [-0.05, 0) is 37.9 Å². The molecule has 0 aromatic carbocycles. The second-order valence-electron chi connectivity index (χ2n) is 1.30. The van der Waals surface area contributed by atoms with E-state index < -0.39 is 0 Å². The molecule has 0 aliphatic heterocycles. The van der Waals surface area contributed by atoms with Gasteiger partial charge in [0.25, 0.3) is 0 Å². The maximum absolute atomic E-state index is 10.1. The largest absolute Gasteiger partial charge is 0.462 e. The monoisotopic (exact) mass is 256 g/mol. The van der Waals surface area contributed by atoms with Gasteiger partial charge in [0, 0.05) is 6.92 Å². The van der Waals surface area contributed by atoms with Crippen LogP contribution in [0.5, 0.6) is 0 Å². The van der Waals surface area contributed by atoms with Crippen molar-refractivity contribution in [3.8, 4) is 0 Å². The first-order chi connectivity index (χ1) is 4.13. The number of hydrogen-bond donors (Lipinski definition) is 0. The van der Waals surface area contributed by atoms with Gasteiger partial charge in [-0.15, -0.1) is 0 Å². The van der Waals surface area contributed by atoms with Crippen LogP contribution in [0.1, 0.15) is 6.92 Å². The van der Waals surface area contributed by atoms with Gasteiger partial charge in [-0.25, -0.2) is 0 Å². The van der Waals surface area contributed by atoms with Crippen molar-refractivity contribution >= 4 is 37.8 Å². The molecular weight excluding hydrogens is 252 g/mol. The summed E-state index contributed by atoms with van der Waals surface area (Å²) in [6.45, 7) is 1.68. The molecule has 9 heavy (non-hydrogen) atoms. The van der Waals surface area contributed by atoms with Crippen LogP contribution in [0.2, 0.25) is 0 Å². The molecule has 0 aromatic rings.